The highest BCUT2D eigenvalue weighted by atomic mass is 32.2. The zero-order valence-electron chi connectivity index (χ0n) is 14.6. The third kappa shape index (κ3) is 4.14. The molecule has 9 nitrogen and oxygen atoms in total. The minimum absolute atomic E-state index is 0.0245. The van der Waals surface area contributed by atoms with Gasteiger partial charge in [0, 0.05) is 25.2 Å². The highest BCUT2D eigenvalue weighted by Crippen LogP contribution is 2.28. The molecule has 1 aromatic heterocycles. The third-order valence-corrected chi connectivity index (χ3v) is 5.57. The fourth-order valence-electron chi connectivity index (χ4n) is 2.69. The summed E-state index contributed by atoms with van der Waals surface area (Å²) in [7, 11) is -0.990. The summed E-state index contributed by atoms with van der Waals surface area (Å²) in [4.78, 5) is 4.27. The van der Waals surface area contributed by atoms with E-state index in [2.05, 4.69) is 14.9 Å². The fourth-order valence-corrected chi connectivity index (χ4v) is 3.85. The van der Waals surface area contributed by atoms with E-state index >= 15 is 0 Å². The van der Waals surface area contributed by atoms with E-state index in [1.54, 1.807) is 6.07 Å². The van der Waals surface area contributed by atoms with Crippen molar-refractivity contribution in [3.8, 4) is 11.5 Å². The molecule has 2 heterocycles. The van der Waals surface area contributed by atoms with Crippen LogP contribution in [0.2, 0.25) is 0 Å². The van der Waals surface area contributed by atoms with Gasteiger partial charge in [-0.25, -0.2) is 13.1 Å². The van der Waals surface area contributed by atoms with Crippen LogP contribution >= 0.6 is 0 Å². The molecule has 0 radical (unpaired) electrons. The summed E-state index contributed by atoms with van der Waals surface area (Å²) in [5.74, 6) is 1.59. The molecular formula is C16H21N3O6S. The van der Waals surface area contributed by atoms with E-state index in [0.717, 1.165) is 12.8 Å². The Morgan fingerprint density at radius 1 is 1.23 bits per heavy atom. The molecule has 1 aliphatic heterocycles. The Hall–Kier alpha value is -2.17. The van der Waals surface area contributed by atoms with Gasteiger partial charge in [-0.15, -0.1) is 0 Å². The molecule has 1 saturated heterocycles. The number of nitrogens with zero attached hydrogens (tertiary/aromatic N) is 2. The monoisotopic (exact) mass is 383 g/mol. The first-order valence-electron chi connectivity index (χ1n) is 8.15. The molecule has 0 unspecified atom stereocenters. The van der Waals surface area contributed by atoms with Gasteiger partial charge in [-0.2, -0.15) is 4.98 Å². The van der Waals surface area contributed by atoms with Crippen molar-refractivity contribution in [2.24, 2.45) is 0 Å². The van der Waals surface area contributed by atoms with Crippen molar-refractivity contribution in [3.05, 3.63) is 29.9 Å². The van der Waals surface area contributed by atoms with Crippen LogP contribution in [-0.2, 0) is 21.3 Å². The highest BCUT2D eigenvalue weighted by Gasteiger charge is 2.24. The van der Waals surface area contributed by atoms with Crippen molar-refractivity contribution in [2.45, 2.75) is 30.2 Å². The van der Waals surface area contributed by atoms with Gasteiger partial charge in [0.1, 0.15) is 16.4 Å². The molecule has 26 heavy (non-hydrogen) atoms. The number of sulfonamides is 1. The molecule has 1 fully saturated rings. The van der Waals surface area contributed by atoms with Crippen molar-refractivity contribution in [2.75, 3.05) is 27.4 Å². The van der Waals surface area contributed by atoms with Crippen molar-refractivity contribution < 1.29 is 27.2 Å². The Bertz CT molecular complexity index is 845. The molecule has 10 heteroatoms. The van der Waals surface area contributed by atoms with E-state index in [9.17, 15) is 8.42 Å². The normalized spacial score (nSPS) is 15.8. The first-order chi connectivity index (χ1) is 12.5. The smallest absolute Gasteiger partial charge is 0.244 e. The first kappa shape index (κ1) is 18.6. The number of rotatable bonds is 7. The second-order valence-electron chi connectivity index (χ2n) is 5.77. The van der Waals surface area contributed by atoms with E-state index in [-0.39, 0.29) is 29.0 Å². The lowest BCUT2D eigenvalue weighted by atomic mass is 10.00. The van der Waals surface area contributed by atoms with Gasteiger partial charge in [-0.05, 0) is 25.0 Å². The number of ether oxygens (including phenoxy) is 3. The summed E-state index contributed by atoms with van der Waals surface area (Å²) in [6.07, 6.45) is 1.65. The maximum atomic E-state index is 12.6. The van der Waals surface area contributed by atoms with Crippen LogP contribution < -0.4 is 14.2 Å². The van der Waals surface area contributed by atoms with Crippen LogP contribution in [0.4, 0.5) is 0 Å². The number of nitrogens with one attached hydrogen (secondary N) is 1. The first-order valence-corrected chi connectivity index (χ1v) is 9.63. The topological polar surface area (TPSA) is 113 Å². The third-order valence-electron chi connectivity index (χ3n) is 4.14. The molecule has 1 N–H and O–H groups in total. The average molecular weight is 383 g/mol. The minimum atomic E-state index is -3.85. The summed E-state index contributed by atoms with van der Waals surface area (Å²) in [6, 6.07) is 4.54. The number of methoxy groups -OCH3 is 2. The van der Waals surface area contributed by atoms with Crippen molar-refractivity contribution >= 4 is 10.0 Å². The van der Waals surface area contributed by atoms with Crippen LogP contribution in [0.5, 0.6) is 11.5 Å². The van der Waals surface area contributed by atoms with Crippen molar-refractivity contribution in [3.63, 3.8) is 0 Å². The lowest BCUT2D eigenvalue weighted by molar-refractivity contribution is 0.0830. The van der Waals surface area contributed by atoms with Gasteiger partial charge in [0.05, 0.1) is 20.8 Å². The molecule has 1 aromatic carbocycles. The molecule has 2 aromatic rings. The Morgan fingerprint density at radius 3 is 2.69 bits per heavy atom. The lowest BCUT2D eigenvalue weighted by Gasteiger charge is -2.18. The Labute approximate surface area is 151 Å². The van der Waals surface area contributed by atoms with Crippen LogP contribution in [0.3, 0.4) is 0 Å². The SMILES string of the molecule is COc1ccc(OC)c(S(=O)(=O)NCc2nc(C3CCOCC3)no2)c1. The highest BCUT2D eigenvalue weighted by molar-refractivity contribution is 7.89. The molecule has 0 saturated carbocycles. The van der Waals surface area contributed by atoms with Gasteiger partial charge in [-0.3, -0.25) is 0 Å². The van der Waals surface area contributed by atoms with Crippen LogP contribution in [0, 0.1) is 0 Å². The van der Waals surface area contributed by atoms with E-state index in [1.807, 2.05) is 0 Å². The molecule has 0 atom stereocenters. The van der Waals surface area contributed by atoms with Gasteiger partial charge >= 0.3 is 0 Å². The second-order valence-corrected chi connectivity index (χ2v) is 7.51. The molecule has 0 spiro atoms. The number of aromatic nitrogens is 2. The van der Waals surface area contributed by atoms with E-state index < -0.39 is 10.0 Å². The summed E-state index contributed by atoms with van der Waals surface area (Å²) >= 11 is 0. The summed E-state index contributed by atoms with van der Waals surface area (Å²) in [6.45, 7) is 1.21. The van der Waals surface area contributed by atoms with E-state index in [1.165, 1.54) is 26.4 Å². The average Bonchev–Trinajstić information content (AvgIpc) is 3.16. The molecular weight excluding hydrogens is 362 g/mol. The Kier molecular flexibility index (Phi) is 5.74. The van der Waals surface area contributed by atoms with E-state index in [0.29, 0.717) is 24.8 Å². The molecule has 0 bridgehead atoms. The van der Waals surface area contributed by atoms with Crippen LogP contribution in [0.15, 0.2) is 27.6 Å². The molecule has 0 amide bonds. The van der Waals surface area contributed by atoms with Gasteiger partial charge in [0.2, 0.25) is 15.9 Å². The maximum Gasteiger partial charge on any atom is 0.244 e. The summed E-state index contributed by atoms with van der Waals surface area (Å²) in [5, 5.41) is 3.95. The fraction of sp³-hybridized carbons (Fsp3) is 0.500. The molecule has 0 aliphatic carbocycles. The zero-order chi connectivity index (χ0) is 18.6. The standard InChI is InChI=1S/C16H21N3O6S/c1-22-12-3-4-13(23-2)14(9-12)26(20,21)17-10-15-18-16(19-25-15)11-5-7-24-8-6-11/h3-4,9,11,17H,5-8,10H2,1-2H3. The van der Waals surface area contributed by atoms with Crippen LogP contribution in [0.1, 0.15) is 30.5 Å². The number of hydrogen-bond donors (Lipinski definition) is 1. The Balaban J connectivity index is 1.72. The second kappa shape index (κ2) is 8.02. The van der Waals surface area contributed by atoms with E-state index in [4.69, 9.17) is 18.7 Å². The lowest BCUT2D eigenvalue weighted by Crippen LogP contribution is -2.24. The van der Waals surface area contributed by atoms with Crippen LogP contribution in [-0.4, -0.2) is 46.0 Å². The van der Waals surface area contributed by atoms with Gasteiger partial charge < -0.3 is 18.7 Å². The predicted molar refractivity (Wildman–Crippen MR) is 90.7 cm³/mol. The van der Waals surface area contributed by atoms with Crippen molar-refractivity contribution in [1.82, 2.24) is 14.9 Å². The number of hydrogen-bond acceptors (Lipinski definition) is 8. The predicted octanol–water partition coefficient (Wildman–Crippen LogP) is 1.46. The zero-order valence-corrected chi connectivity index (χ0v) is 15.4. The van der Waals surface area contributed by atoms with Crippen LogP contribution in [0.25, 0.3) is 0 Å². The molecule has 1 aliphatic rings. The number of benzene rings is 1. The van der Waals surface area contributed by atoms with Gasteiger partial charge in [-0.1, -0.05) is 5.16 Å². The molecule has 3 rings (SSSR count). The van der Waals surface area contributed by atoms with Gasteiger partial charge in [0.15, 0.2) is 5.82 Å². The Morgan fingerprint density at radius 2 is 2.00 bits per heavy atom. The minimum Gasteiger partial charge on any atom is -0.497 e. The molecule has 142 valence electrons. The van der Waals surface area contributed by atoms with Gasteiger partial charge in [0.25, 0.3) is 0 Å². The largest absolute Gasteiger partial charge is 0.497 e. The maximum absolute atomic E-state index is 12.6. The quantitative estimate of drug-likeness (QED) is 0.765. The summed E-state index contributed by atoms with van der Waals surface area (Å²) in [5.41, 5.74) is 0. The summed E-state index contributed by atoms with van der Waals surface area (Å²) < 4.78 is 48.4. The van der Waals surface area contributed by atoms with Crippen molar-refractivity contribution in [1.29, 1.82) is 0 Å².